The Labute approximate surface area is 61.8 Å². The lowest BCUT2D eigenvalue weighted by Crippen LogP contribution is -2.30. The molecule has 2 N–H and O–H groups in total. The van der Waals surface area contributed by atoms with E-state index >= 15 is 0 Å². The number of hydrogen-bond donors (Lipinski definition) is 1. The molecule has 0 radical (unpaired) electrons. The lowest BCUT2D eigenvalue weighted by atomic mass is 9.80. The maximum Gasteiger partial charge on any atom is 0.220 e. The van der Waals surface area contributed by atoms with Crippen molar-refractivity contribution in [1.82, 2.24) is 0 Å². The van der Waals surface area contributed by atoms with Crippen molar-refractivity contribution < 1.29 is 4.79 Å². The standard InChI is InChI=1S/C8H15NO/c1-6-4-2-3-5-7(6)8(9)10/h6-7H,2-5H2,1H3,(H2,9,10). The molecule has 1 aliphatic carbocycles. The van der Waals surface area contributed by atoms with Gasteiger partial charge in [0.05, 0.1) is 0 Å². The Hall–Kier alpha value is -0.530. The summed E-state index contributed by atoms with van der Waals surface area (Å²) < 4.78 is 0. The van der Waals surface area contributed by atoms with Crippen LogP contribution in [-0.2, 0) is 4.79 Å². The molecule has 1 amide bonds. The maximum absolute atomic E-state index is 10.8. The van der Waals surface area contributed by atoms with Crippen molar-refractivity contribution in [2.45, 2.75) is 32.6 Å². The molecule has 0 bridgehead atoms. The van der Waals surface area contributed by atoms with Crippen molar-refractivity contribution in [2.75, 3.05) is 0 Å². The van der Waals surface area contributed by atoms with E-state index in [2.05, 4.69) is 6.92 Å². The minimum Gasteiger partial charge on any atom is -0.369 e. The van der Waals surface area contributed by atoms with Crippen LogP contribution in [0.4, 0.5) is 0 Å². The predicted octanol–water partition coefficient (Wildman–Crippen LogP) is 1.30. The van der Waals surface area contributed by atoms with E-state index in [-0.39, 0.29) is 11.8 Å². The van der Waals surface area contributed by atoms with Gasteiger partial charge in [0.25, 0.3) is 0 Å². The van der Waals surface area contributed by atoms with Crippen LogP contribution >= 0.6 is 0 Å². The molecule has 0 saturated heterocycles. The third kappa shape index (κ3) is 1.49. The second kappa shape index (κ2) is 3.04. The summed E-state index contributed by atoms with van der Waals surface area (Å²) in [6.07, 6.45) is 4.63. The zero-order valence-corrected chi connectivity index (χ0v) is 6.47. The van der Waals surface area contributed by atoms with Crippen LogP contribution in [0.25, 0.3) is 0 Å². The summed E-state index contributed by atoms with van der Waals surface area (Å²) in [6, 6.07) is 0. The van der Waals surface area contributed by atoms with Crippen LogP contribution in [0.2, 0.25) is 0 Å². The minimum absolute atomic E-state index is 0.104. The average Bonchev–Trinajstić information content (AvgIpc) is 1.88. The fraction of sp³-hybridized carbons (Fsp3) is 0.875. The first-order valence-corrected chi connectivity index (χ1v) is 4.01. The van der Waals surface area contributed by atoms with E-state index in [1.807, 2.05) is 0 Å². The molecule has 2 atom stereocenters. The molecule has 1 rings (SSSR count). The molecule has 1 saturated carbocycles. The Morgan fingerprint density at radius 2 is 2.00 bits per heavy atom. The van der Waals surface area contributed by atoms with E-state index in [4.69, 9.17) is 5.73 Å². The van der Waals surface area contributed by atoms with Crippen molar-refractivity contribution in [1.29, 1.82) is 0 Å². The van der Waals surface area contributed by atoms with Crippen LogP contribution in [0.3, 0.4) is 0 Å². The monoisotopic (exact) mass is 141 g/mol. The molecular formula is C8H15NO. The number of nitrogens with two attached hydrogens (primary N) is 1. The number of carbonyl (C=O) groups excluding carboxylic acids is 1. The van der Waals surface area contributed by atoms with E-state index in [1.165, 1.54) is 19.3 Å². The molecule has 1 fully saturated rings. The van der Waals surface area contributed by atoms with E-state index in [1.54, 1.807) is 0 Å². The largest absolute Gasteiger partial charge is 0.369 e. The Bertz CT molecular complexity index is 133. The Morgan fingerprint density at radius 3 is 2.40 bits per heavy atom. The highest BCUT2D eigenvalue weighted by Gasteiger charge is 2.25. The highest BCUT2D eigenvalue weighted by atomic mass is 16.1. The van der Waals surface area contributed by atoms with Gasteiger partial charge in [-0.3, -0.25) is 4.79 Å². The molecule has 2 heteroatoms. The topological polar surface area (TPSA) is 43.1 Å². The van der Waals surface area contributed by atoms with Gasteiger partial charge in [-0.2, -0.15) is 0 Å². The van der Waals surface area contributed by atoms with Crippen LogP contribution in [0.1, 0.15) is 32.6 Å². The Morgan fingerprint density at radius 1 is 1.40 bits per heavy atom. The minimum atomic E-state index is -0.104. The lowest BCUT2D eigenvalue weighted by Gasteiger charge is -2.25. The highest BCUT2D eigenvalue weighted by molar-refractivity contribution is 5.76. The van der Waals surface area contributed by atoms with Gasteiger partial charge in [0.1, 0.15) is 0 Å². The average molecular weight is 141 g/mol. The fourth-order valence-electron chi connectivity index (χ4n) is 1.74. The SMILES string of the molecule is CC1CCCCC1C(N)=O. The molecule has 0 spiro atoms. The second-order valence-corrected chi connectivity index (χ2v) is 3.27. The molecule has 1 aliphatic rings. The third-order valence-electron chi connectivity index (χ3n) is 2.48. The van der Waals surface area contributed by atoms with E-state index < -0.39 is 0 Å². The molecular weight excluding hydrogens is 126 g/mol. The number of carbonyl (C=O) groups is 1. The van der Waals surface area contributed by atoms with Crippen LogP contribution in [0.5, 0.6) is 0 Å². The van der Waals surface area contributed by atoms with Gasteiger partial charge >= 0.3 is 0 Å². The van der Waals surface area contributed by atoms with Gasteiger partial charge in [0.15, 0.2) is 0 Å². The number of amides is 1. The predicted molar refractivity (Wildman–Crippen MR) is 40.3 cm³/mol. The first-order valence-electron chi connectivity index (χ1n) is 4.01. The Balaban J connectivity index is 2.47. The number of hydrogen-bond acceptors (Lipinski definition) is 1. The summed E-state index contributed by atoms with van der Waals surface area (Å²) in [5, 5.41) is 0. The number of primary amides is 1. The molecule has 2 unspecified atom stereocenters. The molecule has 2 nitrogen and oxygen atoms in total. The molecule has 0 aliphatic heterocycles. The van der Waals surface area contributed by atoms with Crippen LogP contribution < -0.4 is 5.73 Å². The highest BCUT2D eigenvalue weighted by Crippen LogP contribution is 2.28. The van der Waals surface area contributed by atoms with Gasteiger partial charge in [0, 0.05) is 5.92 Å². The van der Waals surface area contributed by atoms with Crippen molar-refractivity contribution in [2.24, 2.45) is 17.6 Å². The molecule has 0 aromatic carbocycles. The zero-order valence-electron chi connectivity index (χ0n) is 6.47. The van der Waals surface area contributed by atoms with E-state index in [0.717, 1.165) is 6.42 Å². The smallest absolute Gasteiger partial charge is 0.220 e. The summed E-state index contributed by atoms with van der Waals surface area (Å²) in [5.74, 6) is 0.576. The normalized spacial score (nSPS) is 33.7. The molecule has 58 valence electrons. The van der Waals surface area contributed by atoms with Crippen molar-refractivity contribution in [3.8, 4) is 0 Å². The summed E-state index contributed by atoms with van der Waals surface area (Å²) in [5.41, 5.74) is 5.22. The molecule has 10 heavy (non-hydrogen) atoms. The summed E-state index contributed by atoms with van der Waals surface area (Å²) in [7, 11) is 0. The van der Waals surface area contributed by atoms with Gasteiger partial charge in [-0.25, -0.2) is 0 Å². The first kappa shape index (κ1) is 7.58. The van der Waals surface area contributed by atoms with Gasteiger partial charge in [-0.1, -0.05) is 19.8 Å². The van der Waals surface area contributed by atoms with Crippen LogP contribution in [0.15, 0.2) is 0 Å². The second-order valence-electron chi connectivity index (χ2n) is 3.27. The first-order chi connectivity index (χ1) is 4.72. The van der Waals surface area contributed by atoms with Crippen LogP contribution in [-0.4, -0.2) is 5.91 Å². The third-order valence-corrected chi connectivity index (χ3v) is 2.48. The van der Waals surface area contributed by atoms with Crippen molar-refractivity contribution in [3.63, 3.8) is 0 Å². The molecule has 0 aromatic rings. The van der Waals surface area contributed by atoms with Gasteiger partial charge < -0.3 is 5.73 Å². The maximum atomic E-state index is 10.8. The summed E-state index contributed by atoms with van der Waals surface area (Å²) in [4.78, 5) is 10.8. The fourth-order valence-corrected chi connectivity index (χ4v) is 1.74. The van der Waals surface area contributed by atoms with Crippen molar-refractivity contribution in [3.05, 3.63) is 0 Å². The van der Waals surface area contributed by atoms with Crippen molar-refractivity contribution >= 4 is 5.91 Å². The zero-order chi connectivity index (χ0) is 7.56. The summed E-state index contributed by atoms with van der Waals surface area (Å²) >= 11 is 0. The van der Waals surface area contributed by atoms with E-state index in [0.29, 0.717) is 5.92 Å². The quantitative estimate of drug-likeness (QED) is 0.587. The van der Waals surface area contributed by atoms with Gasteiger partial charge in [0.2, 0.25) is 5.91 Å². The number of rotatable bonds is 1. The lowest BCUT2D eigenvalue weighted by molar-refractivity contribution is -0.124. The molecule has 0 heterocycles. The van der Waals surface area contributed by atoms with Gasteiger partial charge in [-0.05, 0) is 18.8 Å². The van der Waals surface area contributed by atoms with Gasteiger partial charge in [-0.15, -0.1) is 0 Å². The van der Waals surface area contributed by atoms with E-state index in [9.17, 15) is 4.79 Å². The Kier molecular flexibility index (Phi) is 2.30. The molecule has 0 aromatic heterocycles. The van der Waals surface area contributed by atoms with Crippen LogP contribution in [0, 0.1) is 11.8 Å². The summed E-state index contributed by atoms with van der Waals surface area (Å²) in [6.45, 7) is 2.12.